The Balaban J connectivity index is 1.52. The van der Waals surface area contributed by atoms with E-state index in [1.165, 1.54) is 50.8 Å². The molecule has 0 aromatic heterocycles. The van der Waals surface area contributed by atoms with Gasteiger partial charge in [0.25, 0.3) is 5.91 Å². The molecular formula is C20H31N3O. The predicted octanol–water partition coefficient (Wildman–Crippen LogP) is 2.74. The summed E-state index contributed by atoms with van der Waals surface area (Å²) in [5, 5.41) is 3.12. The van der Waals surface area contributed by atoms with Crippen molar-refractivity contribution in [2.24, 2.45) is 5.92 Å². The van der Waals surface area contributed by atoms with Gasteiger partial charge in [0.15, 0.2) is 0 Å². The highest BCUT2D eigenvalue weighted by Crippen LogP contribution is 2.15. The molecule has 1 aromatic rings. The van der Waals surface area contributed by atoms with Crippen molar-refractivity contribution in [3.05, 3.63) is 35.4 Å². The van der Waals surface area contributed by atoms with Crippen LogP contribution in [0.2, 0.25) is 0 Å². The van der Waals surface area contributed by atoms with Crippen LogP contribution in [0.25, 0.3) is 0 Å². The molecule has 1 atom stereocenters. The van der Waals surface area contributed by atoms with E-state index in [1.807, 2.05) is 12.1 Å². The molecule has 0 bridgehead atoms. The molecule has 24 heavy (non-hydrogen) atoms. The number of hydrogen-bond donors (Lipinski definition) is 1. The van der Waals surface area contributed by atoms with Crippen LogP contribution < -0.4 is 5.32 Å². The van der Waals surface area contributed by atoms with Gasteiger partial charge >= 0.3 is 0 Å². The summed E-state index contributed by atoms with van der Waals surface area (Å²) in [6, 6.07) is 8.17. The highest BCUT2D eigenvalue weighted by atomic mass is 16.1. The topological polar surface area (TPSA) is 35.6 Å². The highest BCUT2D eigenvalue weighted by molar-refractivity contribution is 5.94. The third-order valence-corrected chi connectivity index (χ3v) is 5.33. The van der Waals surface area contributed by atoms with Gasteiger partial charge < -0.3 is 10.2 Å². The van der Waals surface area contributed by atoms with Crippen LogP contribution in [-0.4, -0.2) is 55.5 Å². The molecule has 1 unspecified atom stereocenters. The van der Waals surface area contributed by atoms with Crippen molar-refractivity contribution in [3.63, 3.8) is 0 Å². The Morgan fingerprint density at radius 3 is 2.67 bits per heavy atom. The third kappa shape index (κ3) is 5.05. The number of rotatable bonds is 5. The summed E-state index contributed by atoms with van der Waals surface area (Å²) in [7, 11) is 2.15. The van der Waals surface area contributed by atoms with E-state index in [0.717, 1.165) is 31.7 Å². The lowest BCUT2D eigenvalue weighted by Crippen LogP contribution is -2.30. The number of nitrogens with one attached hydrogen (secondary N) is 1. The Bertz CT molecular complexity index is 537. The van der Waals surface area contributed by atoms with Crippen molar-refractivity contribution in [1.82, 2.24) is 15.1 Å². The van der Waals surface area contributed by atoms with Gasteiger partial charge in [-0.15, -0.1) is 0 Å². The number of likely N-dealkylation sites (tertiary alicyclic amines) is 2. The van der Waals surface area contributed by atoms with Gasteiger partial charge in [-0.25, -0.2) is 0 Å². The van der Waals surface area contributed by atoms with Crippen molar-refractivity contribution in [3.8, 4) is 0 Å². The monoisotopic (exact) mass is 329 g/mol. The largest absolute Gasteiger partial charge is 0.352 e. The highest BCUT2D eigenvalue weighted by Gasteiger charge is 2.20. The van der Waals surface area contributed by atoms with Gasteiger partial charge in [0.2, 0.25) is 0 Å². The van der Waals surface area contributed by atoms with Crippen molar-refractivity contribution < 1.29 is 4.79 Å². The molecule has 0 spiro atoms. The summed E-state index contributed by atoms with van der Waals surface area (Å²) in [4.78, 5) is 17.3. The molecule has 0 aliphatic carbocycles. The van der Waals surface area contributed by atoms with Crippen molar-refractivity contribution >= 4 is 5.91 Å². The Morgan fingerprint density at radius 1 is 1.17 bits per heavy atom. The molecule has 4 nitrogen and oxygen atoms in total. The van der Waals surface area contributed by atoms with Crippen molar-refractivity contribution in [2.45, 2.75) is 38.6 Å². The molecule has 0 saturated carbocycles. The zero-order valence-corrected chi connectivity index (χ0v) is 15.0. The summed E-state index contributed by atoms with van der Waals surface area (Å²) in [5.41, 5.74) is 2.05. The van der Waals surface area contributed by atoms with E-state index in [2.05, 4.69) is 34.3 Å². The fourth-order valence-electron chi connectivity index (χ4n) is 3.90. The van der Waals surface area contributed by atoms with E-state index in [4.69, 9.17) is 0 Å². The molecule has 132 valence electrons. The van der Waals surface area contributed by atoms with Crippen LogP contribution in [0.15, 0.2) is 24.3 Å². The number of amides is 1. The average Bonchev–Trinajstić information content (AvgIpc) is 2.84. The van der Waals surface area contributed by atoms with Gasteiger partial charge in [-0.05, 0) is 69.6 Å². The second-order valence-electron chi connectivity index (χ2n) is 7.52. The fourth-order valence-corrected chi connectivity index (χ4v) is 3.90. The van der Waals surface area contributed by atoms with Crippen LogP contribution in [0, 0.1) is 5.92 Å². The number of carbonyl (C=O) groups excluding carboxylic acids is 1. The summed E-state index contributed by atoms with van der Waals surface area (Å²) < 4.78 is 0. The van der Waals surface area contributed by atoms with Gasteiger partial charge in [-0.1, -0.05) is 25.0 Å². The molecule has 2 aliphatic rings. The minimum atomic E-state index is 0.0715. The first-order chi connectivity index (χ1) is 11.7. The first-order valence-corrected chi connectivity index (χ1v) is 9.49. The van der Waals surface area contributed by atoms with Crippen LogP contribution in [0.3, 0.4) is 0 Å². The maximum atomic E-state index is 12.4. The van der Waals surface area contributed by atoms with E-state index in [-0.39, 0.29) is 5.91 Å². The second-order valence-corrected chi connectivity index (χ2v) is 7.52. The lowest BCUT2D eigenvalue weighted by Gasteiger charge is -2.20. The molecule has 0 radical (unpaired) electrons. The van der Waals surface area contributed by atoms with Gasteiger partial charge in [0.05, 0.1) is 0 Å². The average molecular weight is 329 g/mol. The lowest BCUT2D eigenvalue weighted by molar-refractivity contribution is 0.0947. The van der Waals surface area contributed by atoms with E-state index in [9.17, 15) is 4.79 Å². The van der Waals surface area contributed by atoms with E-state index in [1.54, 1.807) is 0 Å². The summed E-state index contributed by atoms with van der Waals surface area (Å²) >= 11 is 0. The number of benzene rings is 1. The van der Waals surface area contributed by atoms with Crippen LogP contribution in [0.5, 0.6) is 0 Å². The van der Waals surface area contributed by atoms with Crippen LogP contribution in [0.1, 0.15) is 48.0 Å². The molecular weight excluding hydrogens is 298 g/mol. The number of carbonyl (C=O) groups is 1. The van der Waals surface area contributed by atoms with Crippen LogP contribution in [-0.2, 0) is 6.54 Å². The quantitative estimate of drug-likeness (QED) is 0.902. The van der Waals surface area contributed by atoms with E-state index < -0.39 is 0 Å². The molecule has 4 heteroatoms. The minimum Gasteiger partial charge on any atom is -0.352 e. The first kappa shape index (κ1) is 17.4. The second kappa shape index (κ2) is 8.63. The molecule has 1 amide bonds. The maximum Gasteiger partial charge on any atom is 0.251 e. The van der Waals surface area contributed by atoms with E-state index in [0.29, 0.717) is 5.92 Å². The lowest BCUT2D eigenvalue weighted by atomic mass is 10.1. The third-order valence-electron chi connectivity index (χ3n) is 5.33. The Labute approximate surface area is 146 Å². The predicted molar refractivity (Wildman–Crippen MR) is 98.1 cm³/mol. The van der Waals surface area contributed by atoms with Crippen molar-refractivity contribution in [1.29, 1.82) is 0 Å². The van der Waals surface area contributed by atoms with Gasteiger partial charge in [0.1, 0.15) is 0 Å². The molecule has 3 rings (SSSR count). The molecule has 2 heterocycles. The molecule has 2 fully saturated rings. The first-order valence-electron chi connectivity index (χ1n) is 9.49. The number of nitrogens with zero attached hydrogens (tertiary/aromatic N) is 2. The Morgan fingerprint density at radius 2 is 1.96 bits per heavy atom. The zero-order chi connectivity index (χ0) is 16.8. The Hall–Kier alpha value is -1.39. The summed E-state index contributed by atoms with van der Waals surface area (Å²) in [6.45, 7) is 6.37. The maximum absolute atomic E-state index is 12.4. The van der Waals surface area contributed by atoms with Crippen molar-refractivity contribution in [2.75, 3.05) is 39.8 Å². The number of hydrogen-bond acceptors (Lipinski definition) is 3. The van der Waals surface area contributed by atoms with Gasteiger partial charge in [-0.3, -0.25) is 9.69 Å². The van der Waals surface area contributed by atoms with Crippen LogP contribution >= 0.6 is 0 Å². The molecule has 1 aromatic carbocycles. The SMILES string of the molecule is CN1CCC(CNC(=O)c2cccc(CN3CCCCCC3)c2)C1. The van der Waals surface area contributed by atoms with Gasteiger partial charge in [-0.2, -0.15) is 0 Å². The molecule has 1 N–H and O–H groups in total. The molecule has 2 aliphatic heterocycles. The summed E-state index contributed by atoms with van der Waals surface area (Å²) in [6.07, 6.45) is 6.50. The minimum absolute atomic E-state index is 0.0715. The standard InChI is InChI=1S/C20H31N3O/c1-22-12-9-18(15-22)14-21-20(24)19-8-6-7-17(13-19)16-23-10-4-2-3-5-11-23/h6-8,13,18H,2-5,9-12,14-16H2,1H3,(H,21,24). The fraction of sp³-hybridized carbons (Fsp3) is 0.650. The van der Waals surface area contributed by atoms with Crippen LogP contribution in [0.4, 0.5) is 0 Å². The normalized spacial score (nSPS) is 23.1. The zero-order valence-electron chi connectivity index (χ0n) is 15.0. The van der Waals surface area contributed by atoms with E-state index >= 15 is 0 Å². The summed E-state index contributed by atoms with van der Waals surface area (Å²) in [5.74, 6) is 0.668. The molecule has 2 saturated heterocycles. The smallest absolute Gasteiger partial charge is 0.251 e. The Kier molecular flexibility index (Phi) is 6.27. The van der Waals surface area contributed by atoms with Gasteiger partial charge in [0, 0.05) is 25.2 Å².